The van der Waals surface area contributed by atoms with Gasteiger partial charge in [0.1, 0.15) is 5.69 Å². The fourth-order valence-electron chi connectivity index (χ4n) is 0.765. The molecule has 0 aliphatic carbocycles. The van der Waals surface area contributed by atoms with Crippen molar-refractivity contribution in [3.05, 3.63) is 28.5 Å². The number of ether oxygens (including phenoxy) is 1. The maximum atomic E-state index is 7.46. The second-order valence-electron chi connectivity index (χ2n) is 2.10. The highest BCUT2D eigenvalue weighted by atomic mass is 79.9. The third kappa shape index (κ3) is 2.04. The Balaban J connectivity index is 2.87. The number of nitrogens with zero attached hydrogens (tertiary/aromatic N) is 1. The molecule has 1 rings (SSSR count). The average molecular weight is 229 g/mol. The molecule has 1 N–H and O–H groups in total. The predicted octanol–water partition coefficient (Wildman–Crippen LogP) is 2.21. The van der Waals surface area contributed by atoms with Crippen LogP contribution in [0.25, 0.3) is 0 Å². The van der Waals surface area contributed by atoms with Crippen LogP contribution in [-0.2, 0) is 4.74 Å². The number of aromatic nitrogens is 1. The summed E-state index contributed by atoms with van der Waals surface area (Å²) in [6.45, 7) is 2.33. The van der Waals surface area contributed by atoms with Crippen molar-refractivity contribution in [1.29, 1.82) is 5.41 Å². The second kappa shape index (κ2) is 4.21. The highest BCUT2D eigenvalue weighted by Gasteiger charge is 2.06. The Labute approximate surface area is 79.4 Å². The summed E-state index contributed by atoms with van der Waals surface area (Å²) in [5.74, 6) is 0.102. The molecule has 0 aromatic carbocycles. The SMILES string of the molecule is CCOC(=N)c1ncccc1Br. The summed E-state index contributed by atoms with van der Waals surface area (Å²) in [5, 5.41) is 7.46. The van der Waals surface area contributed by atoms with E-state index in [9.17, 15) is 0 Å². The van der Waals surface area contributed by atoms with Crippen molar-refractivity contribution in [2.24, 2.45) is 0 Å². The molecule has 1 heterocycles. The van der Waals surface area contributed by atoms with Crippen molar-refractivity contribution in [3.8, 4) is 0 Å². The van der Waals surface area contributed by atoms with E-state index in [1.807, 2.05) is 13.0 Å². The first-order valence-corrected chi connectivity index (χ1v) is 4.37. The van der Waals surface area contributed by atoms with Gasteiger partial charge in [-0.15, -0.1) is 0 Å². The summed E-state index contributed by atoms with van der Waals surface area (Å²) in [6, 6.07) is 3.63. The number of hydrogen-bond donors (Lipinski definition) is 1. The van der Waals surface area contributed by atoms with E-state index < -0.39 is 0 Å². The van der Waals surface area contributed by atoms with E-state index in [1.54, 1.807) is 12.3 Å². The molecule has 0 unspecified atom stereocenters. The summed E-state index contributed by atoms with van der Waals surface area (Å²) in [6.07, 6.45) is 1.63. The highest BCUT2D eigenvalue weighted by Crippen LogP contribution is 2.13. The summed E-state index contributed by atoms with van der Waals surface area (Å²) in [7, 11) is 0. The minimum atomic E-state index is 0.102. The van der Waals surface area contributed by atoms with Gasteiger partial charge in [0.25, 0.3) is 0 Å². The van der Waals surface area contributed by atoms with Gasteiger partial charge in [0.05, 0.1) is 6.61 Å². The van der Waals surface area contributed by atoms with E-state index in [0.29, 0.717) is 12.3 Å². The van der Waals surface area contributed by atoms with Gasteiger partial charge < -0.3 is 4.74 Å². The Bertz CT molecular complexity index is 288. The Hall–Kier alpha value is -0.900. The molecule has 0 radical (unpaired) electrons. The Kier molecular flexibility index (Phi) is 3.22. The fraction of sp³-hybridized carbons (Fsp3) is 0.250. The van der Waals surface area contributed by atoms with Crippen LogP contribution < -0.4 is 0 Å². The van der Waals surface area contributed by atoms with Crippen molar-refractivity contribution in [2.45, 2.75) is 6.92 Å². The zero-order valence-corrected chi connectivity index (χ0v) is 8.26. The van der Waals surface area contributed by atoms with Crippen molar-refractivity contribution < 1.29 is 4.74 Å². The van der Waals surface area contributed by atoms with E-state index in [-0.39, 0.29) is 5.90 Å². The molecule has 3 nitrogen and oxygen atoms in total. The maximum Gasteiger partial charge on any atom is 0.233 e. The minimum absolute atomic E-state index is 0.102. The normalized spacial score (nSPS) is 9.50. The molecule has 64 valence electrons. The molecule has 1 aromatic rings. The van der Waals surface area contributed by atoms with Crippen LogP contribution in [0.4, 0.5) is 0 Å². The molecule has 0 fully saturated rings. The number of halogens is 1. The smallest absolute Gasteiger partial charge is 0.233 e. The van der Waals surface area contributed by atoms with Crippen LogP contribution >= 0.6 is 15.9 Å². The Morgan fingerprint density at radius 2 is 2.50 bits per heavy atom. The molecule has 0 amide bonds. The van der Waals surface area contributed by atoms with E-state index in [4.69, 9.17) is 10.1 Å². The lowest BCUT2D eigenvalue weighted by Gasteiger charge is -2.04. The lowest BCUT2D eigenvalue weighted by molar-refractivity contribution is 0.324. The first-order valence-electron chi connectivity index (χ1n) is 3.58. The summed E-state index contributed by atoms with van der Waals surface area (Å²) < 4.78 is 5.78. The first kappa shape index (κ1) is 9.19. The monoisotopic (exact) mass is 228 g/mol. The third-order valence-corrected chi connectivity index (χ3v) is 1.90. The topological polar surface area (TPSA) is 46.0 Å². The predicted molar refractivity (Wildman–Crippen MR) is 50.4 cm³/mol. The van der Waals surface area contributed by atoms with Crippen LogP contribution in [0.15, 0.2) is 22.8 Å². The van der Waals surface area contributed by atoms with Crippen LogP contribution in [0.5, 0.6) is 0 Å². The van der Waals surface area contributed by atoms with Gasteiger partial charge in [-0.1, -0.05) is 0 Å². The number of pyridine rings is 1. The molecule has 0 bridgehead atoms. The molecule has 12 heavy (non-hydrogen) atoms. The molecule has 0 saturated heterocycles. The molecule has 0 atom stereocenters. The number of rotatable bonds is 2. The lowest BCUT2D eigenvalue weighted by atomic mass is 10.3. The first-order chi connectivity index (χ1) is 5.75. The van der Waals surface area contributed by atoms with Gasteiger partial charge in [-0.3, -0.25) is 10.4 Å². The van der Waals surface area contributed by atoms with Gasteiger partial charge in [0.2, 0.25) is 5.90 Å². The third-order valence-electron chi connectivity index (χ3n) is 1.26. The molecular formula is C8H9BrN2O. The molecule has 4 heteroatoms. The van der Waals surface area contributed by atoms with Crippen LogP contribution in [0, 0.1) is 5.41 Å². The second-order valence-corrected chi connectivity index (χ2v) is 2.95. The molecular weight excluding hydrogens is 220 g/mol. The average Bonchev–Trinajstić information content (AvgIpc) is 2.05. The molecule has 0 aliphatic heterocycles. The zero-order valence-electron chi connectivity index (χ0n) is 6.67. The van der Waals surface area contributed by atoms with E-state index in [0.717, 1.165) is 4.47 Å². The van der Waals surface area contributed by atoms with E-state index in [2.05, 4.69) is 20.9 Å². The standard InChI is InChI=1S/C8H9BrN2O/c1-2-12-8(10)7-6(9)4-3-5-11-7/h3-5,10H,2H2,1H3. The molecule has 1 aromatic heterocycles. The fourth-order valence-corrected chi connectivity index (χ4v) is 1.20. The Morgan fingerprint density at radius 3 is 3.08 bits per heavy atom. The Morgan fingerprint density at radius 1 is 1.75 bits per heavy atom. The van der Waals surface area contributed by atoms with Gasteiger partial charge in [-0.2, -0.15) is 0 Å². The quantitative estimate of drug-likeness (QED) is 0.624. The lowest BCUT2D eigenvalue weighted by Crippen LogP contribution is -2.07. The largest absolute Gasteiger partial charge is 0.477 e. The number of nitrogens with one attached hydrogen (secondary N) is 1. The van der Waals surface area contributed by atoms with Gasteiger partial charge in [-0.05, 0) is 35.0 Å². The molecule has 0 aliphatic rings. The van der Waals surface area contributed by atoms with Crippen LogP contribution in [-0.4, -0.2) is 17.5 Å². The van der Waals surface area contributed by atoms with Crippen molar-refractivity contribution in [2.75, 3.05) is 6.61 Å². The van der Waals surface area contributed by atoms with Gasteiger partial charge in [-0.25, -0.2) is 0 Å². The van der Waals surface area contributed by atoms with Crippen molar-refractivity contribution >= 4 is 21.8 Å². The van der Waals surface area contributed by atoms with Crippen LogP contribution in [0.1, 0.15) is 12.6 Å². The van der Waals surface area contributed by atoms with E-state index >= 15 is 0 Å². The molecule has 0 saturated carbocycles. The summed E-state index contributed by atoms with van der Waals surface area (Å²) in [5.41, 5.74) is 0.541. The number of hydrogen-bond acceptors (Lipinski definition) is 3. The zero-order chi connectivity index (χ0) is 8.97. The van der Waals surface area contributed by atoms with Crippen LogP contribution in [0.3, 0.4) is 0 Å². The maximum absolute atomic E-state index is 7.46. The van der Waals surface area contributed by atoms with Crippen LogP contribution in [0.2, 0.25) is 0 Å². The minimum Gasteiger partial charge on any atom is -0.477 e. The van der Waals surface area contributed by atoms with Gasteiger partial charge in [0.15, 0.2) is 0 Å². The van der Waals surface area contributed by atoms with Crippen molar-refractivity contribution in [3.63, 3.8) is 0 Å². The molecule has 0 spiro atoms. The van der Waals surface area contributed by atoms with Crippen molar-refractivity contribution in [1.82, 2.24) is 4.98 Å². The van der Waals surface area contributed by atoms with Gasteiger partial charge >= 0.3 is 0 Å². The van der Waals surface area contributed by atoms with Gasteiger partial charge in [0, 0.05) is 10.7 Å². The summed E-state index contributed by atoms with van der Waals surface area (Å²) >= 11 is 3.28. The highest BCUT2D eigenvalue weighted by molar-refractivity contribution is 9.10. The van der Waals surface area contributed by atoms with E-state index in [1.165, 1.54) is 0 Å². The summed E-state index contributed by atoms with van der Waals surface area (Å²) in [4.78, 5) is 4.00.